The normalized spacial score (nSPS) is 13.7. The topological polar surface area (TPSA) is 108 Å². The Bertz CT molecular complexity index is 702. The highest BCUT2D eigenvalue weighted by Gasteiger charge is 2.31. The maximum absolute atomic E-state index is 13.9. The number of carbonyl (C=O) groups excluding carboxylic acids is 3. The molecule has 26 heavy (non-hydrogen) atoms. The molecule has 0 unspecified atom stereocenters. The molecule has 0 fully saturated rings. The molecule has 0 aliphatic rings. The molecule has 2 N–H and O–H groups in total. The van der Waals surface area contributed by atoms with Gasteiger partial charge in [0.15, 0.2) is 0 Å². The number of nitriles is 1. The monoisotopic (exact) mass is 363 g/mol. The first-order chi connectivity index (χ1) is 12.3. The van der Waals surface area contributed by atoms with Crippen molar-refractivity contribution in [3.05, 3.63) is 35.6 Å². The first-order valence-corrected chi connectivity index (χ1v) is 8.05. The van der Waals surface area contributed by atoms with Crippen molar-refractivity contribution in [3.8, 4) is 6.07 Å². The molecule has 0 heterocycles. The number of hydrogen-bond donors (Lipinski definition) is 2. The number of ether oxygens (including phenoxy) is 1. The van der Waals surface area contributed by atoms with E-state index < -0.39 is 41.6 Å². The van der Waals surface area contributed by atoms with Crippen molar-refractivity contribution in [2.75, 3.05) is 7.11 Å². The van der Waals surface area contributed by atoms with Gasteiger partial charge in [-0.05, 0) is 11.6 Å². The molecule has 0 spiro atoms. The van der Waals surface area contributed by atoms with Crippen LogP contribution >= 0.6 is 0 Å². The number of benzene rings is 1. The minimum Gasteiger partial charge on any atom is -0.467 e. The summed E-state index contributed by atoms with van der Waals surface area (Å²) in [5, 5.41) is 13.8. The lowest BCUT2D eigenvalue weighted by Gasteiger charge is -2.24. The predicted molar refractivity (Wildman–Crippen MR) is 91.0 cm³/mol. The molecule has 1 aromatic rings. The van der Waals surface area contributed by atoms with Gasteiger partial charge in [0.25, 0.3) is 0 Å². The molecular weight excluding hydrogens is 341 g/mol. The third kappa shape index (κ3) is 6.16. The number of nitrogens with one attached hydrogen (secondary N) is 2. The van der Waals surface area contributed by atoms with Crippen LogP contribution in [0.15, 0.2) is 24.3 Å². The Morgan fingerprint density at radius 1 is 1.27 bits per heavy atom. The van der Waals surface area contributed by atoms with Gasteiger partial charge in [0, 0.05) is 25.7 Å². The Hall–Kier alpha value is -2.95. The molecule has 140 valence electrons. The van der Waals surface area contributed by atoms with E-state index >= 15 is 0 Å². The number of rotatable bonds is 8. The smallest absolute Gasteiger partial charge is 0.328 e. The number of hydrogen-bond acceptors (Lipinski definition) is 5. The van der Waals surface area contributed by atoms with Crippen LogP contribution in [0.25, 0.3) is 0 Å². The molecule has 0 saturated carbocycles. The lowest BCUT2D eigenvalue weighted by molar-refractivity contribution is -0.146. The molecule has 0 aliphatic carbocycles. The average Bonchev–Trinajstić information content (AvgIpc) is 2.59. The Balaban J connectivity index is 2.99. The van der Waals surface area contributed by atoms with Crippen molar-refractivity contribution in [2.24, 2.45) is 5.92 Å². The number of halogens is 1. The van der Waals surface area contributed by atoms with Crippen LogP contribution in [-0.4, -0.2) is 37.0 Å². The van der Waals surface area contributed by atoms with E-state index in [0.717, 1.165) is 0 Å². The molecule has 1 rings (SSSR count). The van der Waals surface area contributed by atoms with Crippen molar-refractivity contribution in [1.82, 2.24) is 10.6 Å². The van der Waals surface area contributed by atoms with Crippen LogP contribution in [0.3, 0.4) is 0 Å². The summed E-state index contributed by atoms with van der Waals surface area (Å²) in [4.78, 5) is 35.9. The Morgan fingerprint density at radius 3 is 2.46 bits per heavy atom. The van der Waals surface area contributed by atoms with Crippen LogP contribution < -0.4 is 10.6 Å². The van der Waals surface area contributed by atoms with E-state index in [1.54, 1.807) is 13.0 Å². The van der Waals surface area contributed by atoms with Crippen LogP contribution in [0.4, 0.5) is 4.39 Å². The lowest BCUT2D eigenvalue weighted by atomic mass is 9.97. The van der Waals surface area contributed by atoms with Crippen molar-refractivity contribution in [1.29, 1.82) is 5.26 Å². The number of nitrogens with zero attached hydrogens (tertiary/aromatic N) is 1. The van der Waals surface area contributed by atoms with Gasteiger partial charge in [-0.3, -0.25) is 9.59 Å². The van der Waals surface area contributed by atoms with E-state index in [1.807, 2.05) is 6.07 Å². The van der Waals surface area contributed by atoms with E-state index in [-0.39, 0.29) is 18.4 Å². The minimum atomic E-state index is -1.08. The maximum Gasteiger partial charge on any atom is 0.328 e. The van der Waals surface area contributed by atoms with Crippen LogP contribution in [0.2, 0.25) is 0 Å². The van der Waals surface area contributed by atoms with Crippen LogP contribution in [0.1, 0.15) is 25.8 Å². The van der Waals surface area contributed by atoms with Crippen LogP contribution in [-0.2, 0) is 25.5 Å². The fourth-order valence-corrected chi connectivity index (χ4v) is 2.41. The zero-order valence-electron chi connectivity index (χ0n) is 14.9. The van der Waals surface area contributed by atoms with Gasteiger partial charge in [0.05, 0.1) is 13.2 Å². The number of carbonyl (C=O) groups is 3. The van der Waals surface area contributed by atoms with Crippen molar-refractivity contribution >= 4 is 17.8 Å². The summed E-state index contributed by atoms with van der Waals surface area (Å²) >= 11 is 0. The van der Waals surface area contributed by atoms with E-state index in [4.69, 9.17) is 5.26 Å². The Morgan fingerprint density at radius 2 is 1.92 bits per heavy atom. The molecule has 0 bridgehead atoms. The quantitative estimate of drug-likeness (QED) is 0.672. The molecule has 3 atom stereocenters. The first-order valence-electron chi connectivity index (χ1n) is 8.05. The van der Waals surface area contributed by atoms with Gasteiger partial charge in [-0.2, -0.15) is 5.26 Å². The summed E-state index contributed by atoms with van der Waals surface area (Å²) in [6, 6.07) is 5.70. The van der Waals surface area contributed by atoms with E-state index in [2.05, 4.69) is 15.4 Å². The number of methoxy groups -OCH3 is 1. The fraction of sp³-hybridized carbons (Fsp3) is 0.444. The van der Waals surface area contributed by atoms with Gasteiger partial charge in [-0.25, -0.2) is 9.18 Å². The SMILES string of the molecule is COC(=O)[C@@H](NC(=O)[C@H](Cc1ccccc1F)NC(C)=O)[C@@H](C)CC#N. The number of esters is 1. The third-order valence-corrected chi connectivity index (χ3v) is 3.81. The van der Waals surface area contributed by atoms with Gasteiger partial charge in [0.2, 0.25) is 11.8 Å². The van der Waals surface area contributed by atoms with Gasteiger partial charge >= 0.3 is 5.97 Å². The van der Waals surface area contributed by atoms with Crippen molar-refractivity contribution in [3.63, 3.8) is 0 Å². The summed E-state index contributed by atoms with van der Waals surface area (Å²) in [6.45, 7) is 2.85. The second-order valence-corrected chi connectivity index (χ2v) is 5.90. The summed E-state index contributed by atoms with van der Waals surface area (Å²) in [5.41, 5.74) is 0.251. The highest BCUT2D eigenvalue weighted by atomic mass is 19.1. The summed E-state index contributed by atoms with van der Waals surface area (Å²) in [5.74, 6) is -2.83. The van der Waals surface area contributed by atoms with Gasteiger partial charge in [0.1, 0.15) is 17.9 Å². The average molecular weight is 363 g/mol. The largest absolute Gasteiger partial charge is 0.467 e. The molecule has 2 amide bonds. The molecule has 1 aromatic carbocycles. The minimum absolute atomic E-state index is 0.0260. The predicted octanol–water partition coefficient (Wildman–Crippen LogP) is 1.08. The van der Waals surface area contributed by atoms with E-state index in [0.29, 0.717) is 0 Å². The zero-order valence-corrected chi connectivity index (χ0v) is 14.9. The summed E-state index contributed by atoms with van der Waals surface area (Å²) < 4.78 is 18.5. The lowest BCUT2D eigenvalue weighted by Crippen LogP contribution is -2.54. The molecule has 0 aromatic heterocycles. The van der Waals surface area contributed by atoms with Gasteiger partial charge in [-0.1, -0.05) is 25.1 Å². The molecule has 0 radical (unpaired) electrons. The van der Waals surface area contributed by atoms with E-state index in [9.17, 15) is 18.8 Å². The molecule has 7 nitrogen and oxygen atoms in total. The van der Waals surface area contributed by atoms with Gasteiger partial charge in [-0.15, -0.1) is 0 Å². The second-order valence-electron chi connectivity index (χ2n) is 5.90. The Kier molecular flexibility index (Phi) is 8.22. The standard InChI is InChI=1S/C18H22FN3O4/c1-11(8-9-20)16(18(25)26-3)22-17(24)15(21-12(2)23)10-13-6-4-5-7-14(13)19/h4-7,11,15-16H,8,10H2,1-3H3,(H,21,23)(H,22,24)/t11-,15-,16-/m0/s1. The van der Waals surface area contributed by atoms with Gasteiger partial charge < -0.3 is 15.4 Å². The molecule has 0 saturated heterocycles. The first kappa shape index (κ1) is 21.1. The van der Waals surface area contributed by atoms with Crippen LogP contribution in [0.5, 0.6) is 0 Å². The second kappa shape index (κ2) is 10.1. The number of amides is 2. The molecule has 0 aliphatic heterocycles. The molecular formula is C18H22FN3O4. The van der Waals surface area contributed by atoms with Crippen LogP contribution in [0, 0.1) is 23.1 Å². The highest BCUT2D eigenvalue weighted by molar-refractivity contribution is 5.90. The maximum atomic E-state index is 13.9. The fourth-order valence-electron chi connectivity index (χ4n) is 2.41. The Labute approximate surface area is 151 Å². The third-order valence-electron chi connectivity index (χ3n) is 3.81. The molecule has 8 heteroatoms. The highest BCUT2D eigenvalue weighted by Crippen LogP contribution is 2.12. The van der Waals surface area contributed by atoms with Crippen molar-refractivity contribution < 1.29 is 23.5 Å². The summed E-state index contributed by atoms with van der Waals surface area (Å²) in [7, 11) is 1.17. The zero-order chi connectivity index (χ0) is 19.7. The van der Waals surface area contributed by atoms with Crippen molar-refractivity contribution in [2.45, 2.75) is 38.8 Å². The summed E-state index contributed by atoms with van der Waals surface area (Å²) in [6.07, 6.45) is -0.0588. The van der Waals surface area contributed by atoms with E-state index in [1.165, 1.54) is 32.2 Å².